The number of aliphatic imine (C=N–C) groups is 1. The molecule has 152 valence electrons. The molecule has 2 rings (SSSR count). The Labute approximate surface area is 164 Å². The number of allylic oxidation sites excluding steroid dienone is 2. The van der Waals surface area contributed by atoms with Crippen molar-refractivity contribution in [2.24, 2.45) is 4.99 Å². The molecule has 0 aromatic heterocycles. The van der Waals surface area contributed by atoms with Crippen LogP contribution in [-0.4, -0.2) is 23.4 Å². The molecular formula is C21H27F2N3O2. The first-order valence-electron chi connectivity index (χ1n) is 9.09. The summed E-state index contributed by atoms with van der Waals surface area (Å²) < 4.78 is 26.6. The molecule has 0 aliphatic carbocycles. The van der Waals surface area contributed by atoms with Gasteiger partial charge >= 0.3 is 0 Å². The minimum atomic E-state index is -1.77. The number of rotatable bonds is 4. The van der Waals surface area contributed by atoms with Crippen molar-refractivity contribution in [2.75, 3.05) is 6.54 Å². The number of hydrogen-bond donors (Lipinski definition) is 3. The van der Waals surface area contributed by atoms with E-state index in [1.54, 1.807) is 19.2 Å². The summed E-state index contributed by atoms with van der Waals surface area (Å²) in [5.74, 6) is -2.38. The number of nitrogens with one attached hydrogen (secondary N) is 2. The minimum absolute atomic E-state index is 0.243. The monoisotopic (exact) mass is 391 g/mol. The van der Waals surface area contributed by atoms with Crippen molar-refractivity contribution in [3.05, 3.63) is 71.1 Å². The van der Waals surface area contributed by atoms with Crippen LogP contribution >= 0.6 is 0 Å². The van der Waals surface area contributed by atoms with Gasteiger partial charge in [0.05, 0.1) is 5.70 Å². The molecule has 0 radical (unpaired) electrons. The first kappa shape index (κ1) is 23.2. The van der Waals surface area contributed by atoms with E-state index >= 15 is 0 Å². The van der Waals surface area contributed by atoms with Crippen molar-refractivity contribution >= 4 is 11.7 Å². The average Bonchev–Trinajstić information content (AvgIpc) is 2.67. The number of benzene rings is 1. The molecule has 0 spiro atoms. The van der Waals surface area contributed by atoms with Crippen LogP contribution in [0.4, 0.5) is 8.78 Å². The Bertz CT molecular complexity index is 799. The Morgan fingerprint density at radius 1 is 1.39 bits per heavy atom. The van der Waals surface area contributed by atoms with E-state index in [0.29, 0.717) is 18.3 Å². The second-order valence-electron chi connectivity index (χ2n) is 6.04. The quantitative estimate of drug-likeness (QED) is 0.538. The maximum atomic E-state index is 13.7. The first-order chi connectivity index (χ1) is 13.3. The molecule has 0 bridgehead atoms. The second-order valence-corrected chi connectivity index (χ2v) is 6.04. The van der Waals surface area contributed by atoms with Crippen LogP contribution in [0.2, 0.25) is 0 Å². The van der Waals surface area contributed by atoms with Crippen LogP contribution in [0.1, 0.15) is 45.8 Å². The summed E-state index contributed by atoms with van der Waals surface area (Å²) >= 11 is 0. The lowest BCUT2D eigenvalue weighted by Crippen LogP contribution is -2.33. The molecule has 1 heterocycles. The Kier molecular flexibility index (Phi) is 9.81. The number of hydrogen-bond acceptors (Lipinski definition) is 4. The van der Waals surface area contributed by atoms with Gasteiger partial charge in [-0.25, -0.2) is 13.8 Å². The standard InChI is InChI=1S/C18H19F2N3O2.C3H8/c1-3-16(12-6-8-21-9-7-12)22-11(2)23-18(25)17(24)14-5-4-13(19)10-15(14)20;1-3-2/h3-8,10,17,21,24H,9H2,1-2H3,(H,22,23,25);3H2,1-2H3/b16-3-;. The van der Waals surface area contributed by atoms with E-state index in [-0.39, 0.29) is 11.4 Å². The van der Waals surface area contributed by atoms with Gasteiger partial charge in [-0.1, -0.05) is 38.5 Å². The van der Waals surface area contributed by atoms with Gasteiger partial charge in [-0.05, 0) is 37.8 Å². The molecule has 1 aliphatic rings. The highest BCUT2D eigenvalue weighted by atomic mass is 19.1. The third-order valence-corrected chi connectivity index (χ3v) is 3.49. The number of carbonyl (C=O) groups excluding carboxylic acids is 1. The highest BCUT2D eigenvalue weighted by Crippen LogP contribution is 2.19. The van der Waals surface area contributed by atoms with Crippen LogP contribution in [0, 0.1) is 11.6 Å². The number of aliphatic hydroxyl groups is 1. The largest absolute Gasteiger partial charge is 0.387 e. The molecule has 1 aromatic carbocycles. The van der Waals surface area contributed by atoms with E-state index in [9.17, 15) is 18.7 Å². The molecule has 28 heavy (non-hydrogen) atoms. The van der Waals surface area contributed by atoms with Crippen molar-refractivity contribution in [1.29, 1.82) is 0 Å². The number of amidine groups is 1. The fraction of sp³-hybridized carbons (Fsp3) is 0.333. The lowest BCUT2D eigenvalue weighted by molar-refractivity contribution is -0.128. The summed E-state index contributed by atoms with van der Waals surface area (Å²) in [6, 6.07) is 2.62. The highest BCUT2D eigenvalue weighted by molar-refractivity contribution is 5.99. The average molecular weight is 391 g/mol. The maximum absolute atomic E-state index is 13.7. The molecule has 1 amide bonds. The number of nitrogens with zero attached hydrogens (tertiary/aromatic N) is 1. The van der Waals surface area contributed by atoms with E-state index in [2.05, 4.69) is 29.5 Å². The molecule has 1 aliphatic heterocycles. The summed E-state index contributed by atoms with van der Waals surface area (Å²) in [4.78, 5) is 16.4. The summed E-state index contributed by atoms with van der Waals surface area (Å²) in [6.45, 7) is 8.29. The summed E-state index contributed by atoms with van der Waals surface area (Å²) in [5, 5.41) is 15.4. The zero-order valence-corrected chi connectivity index (χ0v) is 16.6. The summed E-state index contributed by atoms with van der Waals surface area (Å²) in [7, 11) is 0. The number of halogens is 2. The van der Waals surface area contributed by atoms with Crippen LogP contribution in [-0.2, 0) is 4.79 Å². The normalized spacial score (nSPS) is 15.0. The lowest BCUT2D eigenvalue weighted by atomic mass is 10.1. The van der Waals surface area contributed by atoms with Crippen LogP contribution < -0.4 is 10.6 Å². The van der Waals surface area contributed by atoms with E-state index < -0.39 is 23.6 Å². The number of carbonyl (C=O) groups is 1. The van der Waals surface area contributed by atoms with Crippen molar-refractivity contribution in [3.63, 3.8) is 0 Å². The molecule has 5 nitrogen and oxygen atoms in total. The Morgan fingerprint density at radius 3 is 2.61 bits per heavy atom. The Hall–Kier alpha value is -2.80. The van der Waals surface area contributed by atoms with Crippen LogP contribution in [0.25, 0.3) is 0 Å². The van der Waals surface area contributed by atoms with Gasteiger partial charge in [0.1, 0.15) is 17.5 Å². The third kappa shape index (κ3) is 7.08. The van der Waals surface area contributed by atoms with Crippen LogP contribution in [0.5, 0.6) is 0 Å². The molecule has 3 N–H and O–H groups in total. The van der Waals surface area contributed by atoms with Gasteiger partial charge in [0.25, 0.3) is 5.91 Å². The second kappa shape index (κ2) is 11.8. The molecule has 7 heteroatoms. The van der Waals surface area contributed by atoms with Gasteiger partial charge in [0, 0.05) is 18.2 Å². The third-order valence-electron chi connectivity index (χ3n) is 3.49. The predicted molar refractivity (Wildman–Crippen MR) is 108 cm³/mol. The Balaban J connectivity index is 0.00000122. The van der Waals surface area contributed by atoms with Crippen molar-refractivity contribution in [3.8, 4) is 0 Å². The molecule has 0 fully saturated rings. The first-order valence-corrected chi connectivity index (χ1v) is 9.09. The lowest BCUT2D eigenvalue weighted by Gasteiger charge is -2.13. The fourth-order valence-electron chi connectivity index (χ4n) is 2.26. The summed E-state index contributed by atoms with van der Waals surface area (Å²) in [6.07, 6.45) is 6.85. The van der Waals surface area contributed by atoms with Gasteiger partial charge in [0.2, 0.25) is 0 Å². The number of amides is 1. The number of dihydropyridines is 1. The van der Waals surface area contributed by atoms with E-state index in [0.717, 1.165) is 17.7 Å². The topological polar surface area (TPSA) is 73.7 Å². The van der Waals surface area contributed by atoms with E-state index in [1.165, 1.54) is 6.42 Å². The fourth-order valence-corrected chi connectivity index (χ4v) is 2.26. The van der Waals surface area contributed by atoms with Gasteiger partial charge in [-0.15, -0.1) is 0 Å². The van der Waals surface area contributed by atoms with Gasteiger partial charge in [0.15, 0.2) is 6.10 Å². The molecule has 0 saturated carbocycles. The summed E-state index contributed by atoms with van der Waals surface area (Å²) in [5.41, 5.74) is 1.24. The van der Waals surface area contributed by atoms with E-state index in [4.69, 9.17) is 0 Å². The molecule has 1 unspecified atom stereocenters. The zero-order valence-electron chi connectivity index (χ0n) is 16.6. The molecule has 1 aromatic rings. The van der Waals surface area contributed by atoms with Crippen molar-refractivity contribution in [1.82, 2.24) is 10.6 Å². The maximum Gasteiger partial charge on any atom is 0.258 e. The minimum Gasteiger partial charge on any atom is -0.387 e. The smallest absolute Gasteiger partial charge is 0.258 e. The van der Waals surface area contributed by atoms with Crippen LogP contribution in [0.3, 0.4) is 0 Å². The zero-order chi connectivity index (χ0) is 21.1. The van der Waals surface area contributed by atoms with Gasteiger partial charge in [-0.3, -0.25) is 4.79 Å². The predicted octanol–water partition coefficient (Wildman–Crippen LogP) is 3.90. The SMILES string of the molecule is C/C=C(\N=C(C)NC(=O)C(O)c1ccc(F)cc1F)C1=CCNC=C1.CCC. The van der Waals surface area contributed by atoms with Crippen LogP contribution in [0.15, 0.2) is 58.9 Å². The van der Waals surface area contributed by atoms with E-state index in [1.807, 2.05) is 19.1 Å². The van der Waals surface area contributed by atoms with Crippen molar-refractivity contribution in [2.45, 2.75) is 40.2 Å². The number of aliphatic hydroxyl groups excluding tert-OH is 1. The Morgan fingerprint density at radius 2 is 2.07 bits per heavy atom. The molecular weight excluding hydrogens is 364 g/mol. The van der Waals surface area contributed by atoms with Gasteiger partial charge < -0.3 is 15.7 Å². The molecule has 0 saturated heterocycles. The van der Waals surface area contributed by atoms with Crippen molar-refractivity contribution < 1.29 is 18.7 Å². The highest BCUT2D eigenvalue weighted by Gasteiger charge is 2.21. The molecule has 1 atom stereocenters. The van der Waals surface area contributed by atoms with Gasteiger partial charge in [-0.2, -0.15) is 0 Å².